The van der Waals surface area contributed by atoms with Crippen LogP contribution in [-0.4, -0.2) is 67.3 Å². The third-order valence-corrected chi connectivity index (χ3v) is 4.51. The molecule has 2 aromatic rings. The van der Waals surface area contributed by atoms with Crippen LogP contribution in [0.3, 0.4) is 0 Å². The van der Waals surface area contributed by atoms with Crippen molar-refractivity contribution in [3.8, 4) is 6.07 Å². The molecule has 29 heavy (non-hydrogen) atoms. The van der Waals surface area contributed by atoms with Gasteiger partial charge in [0.25, 0.3) is 0 Å². The Labute approximate surface area is 166 Å². The van der Waals surface area contributed by atoms with Crippen molar-refractivity contribution in [3.05, 3.63) is 18.1 Å². The van der Waals surface area contributed by atoms with Gasteiger partial charge in [-0.15, -0.1) is 4.67 Å². The van der Waals surface area contributed by atoms with Crippen LogP contribution in [-0.2, 0) is 18.9 Å². The summed E-state index contributed by atoms with van der Waals surface area (Å²) in [6, 6.07) is 3.66. The molecule has 0 spiro atoms. The van der Waals surface area contributed by atoms with Crippen molar-refractivity contribution in [2.45, 2.75) is 44.4 Å². The van der Waals surface area contributed by atoms with Gasteiger partial charge in [0.05, 0.1) is 5.39 Å². The Balaban J connectivity index is 1.88. The summed E-state index contributed by atoms with van der Waals surface area (Å²) in [5.41, 5.74) is 0.335. The Morgan fingerprint density at radius 2 is 2.14 bits per heavy atom. The van der Waals surface area contributed by atoms with Crippen molar-refractivity contribution in [3.63, 3.8) is 0 Å². The van der Waals surface area contributed by atoms with E-state index in [0.717, 1.165) is 6.66 Å². The fourth-order valence-electron chi connectivity index (χ4n) is 2.96. The first-order valence-corrected chi connectivity index (χ1v) is 10.8. The van der Waals surface area contributed by atoms with E-state index in [1.165, 1.54) is 4.57 Å². The Hall–Kier alpha value is -2.10. The van der Waals surface area contributed by atoms with Gasteiger partial charge in [-0.05, 0) is 19.9 Å². The first kappa shape index (κ1) is 21.6. The number of nitrogens with one attached hydrogen (secondary N) is 1. The molecule has 4 N–H and O–H groups in total. The number of rotatable bonds is 7. The monoisotopic (exact) mass is 427 g/mol. The highest BCUT2D eigenvalue weighted by molar-refractivity contribution is 7.51. The van der Waals surface area contributed by atoms with E-state index in [1.807, 2.05) is 19.9 Å². The van der Waals surface area contributed by atoms with E-state index >= 15 is 0 Å². The molecule has 3 rings (SSSR count). The van der Waals surface area contributed by atoms with Gasteiger partial charge < -0.3 is 29.7 Å². The third kappa shape index (κ3) is 4.73. The van der Waals surface area contributed by atoms with Crippen molar-refractivity contribution in [1.82, 2.24) is 14.5 Å². The van der Waals surface area contributed by atoms with Gasteiger partial charge >= 0.3 is 7.60 Å². The zero-order chi connectivity index (χ0) is 21.3. The molecule has 1 saturated heterocycles. The van der Waals surface area contributed by atoms with Gasteiger partial charge in [-0.2, -0.15) is 5.26 Å². The second-order valence-electron chi connectivity index (χ2n) is 6.98. The molecule has 1 aliphatic heterocycles. The van der Waals surface area contributed by atoms with Crippen LogP contribution in [0, 0.1) is 11.3 Å². The number of hydrogen-bond acceptors (Lipinski definition) is 10. The zero-order valence-corrected chi connectivity index (χ0v) is 16.9. The first-order chi connectivity index (χ1) is 13.6. The lowest BCUT2D eigenvalue weighted by Crippen LogP contribution is -2.33. The molecule has 0 aromatic carbocycles. The molecule has 0 aliphatic carbocycles. The zero-order valence-electron chi connectivity index (χ0n) is 16.0. The molecular weight excluding hydrogens is 405 g/mol. The highest BCUT2D eigenvalue weighted by Crippen LogP contribution is 2.38. The van der Waals surface area contributed by atoms with Crippen LogP contribution in [0.2, 0.25) is 0 Å². The van der Waals surface area contributed by atoms with Crippen molar-refractivity contribution in [2.75, 3.05) is 18.6 Å². The molecule has 2 aromatic heterocycles. The lowest BCUT2D eigenvalue weighted by Gasteiger charge is -2.18. The number of anilines is 1. The lowest BCUT2D eigenvalue weighted by atomic mass is 10.1. The minimum absolute atomic E-state index is 0.0562. The number of aromatic nitrogens is 3. The van der Waals surface area contributed by atoms with Crippen LogP contribution in [0.5, 0.6) is 0 Å². The molecule has 13 heteroatoms. The Morgan fingerprint density at radius 3 is 2.76 bits per heavy atom. The molecule has 0 amide bonds. The summed E-state index contributed by atoms with van der Waals surface area (Å²) in [6.45, 7) is 4.40. The second kappa shape index (κ2) is 8.33. The van der Waals surface area contributed by atoms with E-state index in [-0.39, 0.29) is 18.5 Å². The fourth-order valence-corrected chi connectivity index (χ4v) is 3.22. The molecule has 5 atom stereocenters. The smallest absolute Gasteiger partial charge is 0.352 e. The minimum atomic E-state index is -3.86. The molecule has 1 aliphatic rings. The average Bonchev–Trinajstić information content (AvgIpc) is 3.16. The van der Waals surface area contributed by atoms with Crippen LogP contribution in [0.15, 0.2) is 12.3 Å². The lowest BCUT2D eigenvalue weighted by molar-refractivity contribution is -0.238. The maximum absolute atomic E-state index is 11.1. The number of aliphatic hydroxyl groups is 2. The maximum atomic E-state index is 11.1. The van der Waals surface area contributed by atoms with E-state index in [4.69, 9.17) is 9.63 Å². The van der Waals surface area contributed by atoms with Crippen LogP contribution < -0.4 is 5.32 Å². The molecule has 0 bridgehead atoms. The van der Waals surface area contributed by atoms with Gasteiger partial charge in [-0.1, -0.05) is 0 Å². The van der Waals surface area contributed by atoms with E-state index in [9.17, 15) is 20.0 Å². The number of nitriles is 1. The molecule has 158 valence electrons. The van der Waals surface area contributed by atoms with Gasteiger partial charge in [-0.3, -0.25) is 4.57 Å². The van der Waals surface area contributed by atoms with Gasteiger partial charge in [-0.25, -0.2) is 14.9 Å². The predicted octanol–water partition coefficient (Wildman–Crippen LogP) is 0.506. The summed E-state index contributed by atoms with van der Waals surface area (Å²) in [6.07, 6.45) is -3.15. The number of ether oxygens (including phenoxy) is 1. The van der Waals surface area contributed by atoms with E-state index < -0.39 is 32.1 Å². The Bertz CT molecular complexity index is 968. The van der Waals surface area contributed by atoms with Gasteiger partial charge in [0, 0.05) is 18.9 Å². The summed E-state index contributed by atoms with van der Waals surface area (Å²) < 4.78 is 22.6. The quantitative estimate of drug-likeness (QED) is 0.275. The van der Waals surface area contributed by atoms with Crippen LogP contribution in [0.25, 0.3) is 11.0 Å². The SMILES string of the molecule is CC(C)Nc1nc(C#N)nc2c1ccn2[C@@H]1O[C@H](COOP(C)(=O)O)[C@@H](O)[C@H]1O. The molecule has 3 heterocycles. The van der Waals surface area contributed by atoms with E-state index in [1.54, 1.807) is 12.3 Å². The van der Waals surface area contributed by atoms with E-state index in [0.29, 0.717) is 16.9 Å². The number of aliphatic hydroxyl groups excluding tert-OH is 2. The highest BCUT2D eigenvalue weighted by Gasteiger charge is 2.44. The average molecular weight is 427 g/mol. The predicted molar refractivity (Wildman–Crippen MR) is 99.7 cm³/mol. The molecule has 0 radical (unpaired) electrons. The van der Waals surface area contributed by atoms with Crippen molar-refractivity contribution in [2.24, 2.45) is 0 Å². The molecule has 1 unspecified atom stereocenters. The topological polar surface area (TPSA) is 172 Å². The number of hydrogen-bond donors (Lipinski definition) is 4. The highest BCUT2D eigenvalue weighted by atomic mass is 31.2. The summed E-state index contributed by atoms with van der Waals surface area (Å²) >= 11 is 0. The molecule has 0 saturated carbocycles. The van der Waals surface area contributed by atoms with Crippen LogP contribution in [0.4, 0.5) is 5.82 Å². The number of nitrogens with zero attached hydrogens (tertiary/aromatic N) is 4. The van der Waals surface area contributed by atoms with Crippen molar-refractivity contribution >= 4 is 24.4 Å². The number of fused-ring (bicyclic) bond motifs is 1. The van der Waals surface area contributed by atoms with Crippen LogP contribution >= 0.6 is 7.60 Å². The van der Waals surface area contributed by atoms with Gasteiger partial charge in [0.2, 0.25) is 5.82 Å². The van der Waals surface area contributed by atoms with Crippen molar-refractivity contribution in [1.29, 1.82) is 5.26 Å². The first-order valence-electron chi connectivity index (χ1n) is 8.79. The summed E-state index contributed by atoms with van der Waals surface area (Å²) in [5.74, 6) is 0.395. The van der Waals surface area contributed by atoms with Crippen molar-refractivity contribution < 1.29 is 34.0 Å². The summed E-state index contributed by atoms with van der Waals surface area (Å²) in [7, 11) is -3.86. The van der Waals surface area contributed by atoms with E-state index in [2.05, 4.69) is 24.8 Å². The maximum Gasteiger partial charge on any atom is 0.352 e. The Kier molecular flexibility index (Phi) is 6.21. The van der Waals surface area contributed by atoms with Gasteiger partial charge in [0.1, 0.15) is 42.5 Å². The van der Waals surface area contributed by atoms with Gasteiger partial charge in [0.15, 0.2) is 6.23 Å². The standard InChI is InChI=1S/C16H22N5O7P/c1-8(2)18-14-9-4-5-21(15(9)20-11(6-17)19-14)16-13(23)12(22)10(27-16)7-26-28-29(3,24)25/h4-5,8,10,12-13,16,22-23H,7H2,1-3H3,(H,24,25)(H,18,19,20)/t10-,12-,13-,16-/m1/s1. The summed E-state index contributed by atoms with van der Waals surface area (Å²) in [5, 5.41) is 33.7. The second-order valence-corrected chi connectivity index (χ2v) is 8.73. The molecule has 1 fully saturated rings. The fraction of sp³-hybridized carbons (Fsp3) is 0.562. The molecular formula is C16H22N5O7P. The summed E-state index contributed by atoms with van der Waals surface area (Å²) in [4.78, 5) is 22.1. The minimum Gasteiger partial charge on any atom is -0.387 e. The molecule has 12 nitrogen and oxygen atoms in total. The normalized spacial score (nSPS) is 26.6. The largest absolute Gasteiger partial charge is 0.387 e. The Morgan fingerprint density at radius 1 is 1.41 bits per heavy atom. The van der Waals surface area contributed by atoms with Crippen LogP contribution in [0.1, 0.15) is 25.9 Å². The third-order valence-electron chi connectivity index (χ3n) is 4.13.